The molecule has 1 saturated carbocycles. The van der Waals surface area contributed by atoms with E-state index in [1.54, 1.807) is 12.3 Å². The van der Waals surface area contributed by atoms with Crippen molar-refractivity contribution >= 4 is 34.4 Å². The van der Waals surface area contributed by atoms with Crippen molar-refractivity contribution in [3.05, 3.63) is 53.8 Å². The number of aromatic nitrogens is 3. The highest BCUT2D eigenvalue weighted by Gasteiger charge is 2.30. The first-order valence-electron chi connectivity index (χ1n) is 13.7. The van der Waals surface area contributed by atoms with Crippen molar-refractivity contribution in [1.29, 1.82) is 0 Å². The van der Waals surface area contributed by atoms with Crippen molar-refractivity contribution < 1.29 is 4.79 Å². The van der Waals surface area contributed by atoms with Gasteiger partial charge in [0.1, 0.15) is 0 Å². The molecule has 0 bridgehead atoms. The Morgan fingerprint density at radius 2 is 2.00 bits per heavy atom. The summed E-state index contributed by atoms with van der Waals surface area (Å²) in [5.41, 5.74) is 2.79. The topological polar surface area (TPSA) is 89.2 Å². The summed E-state index contributed by atoms with van der Waals surface area (Å²) in [6, 6.07) is 9.29. The van der Waals surface area contributed by atoms with Crippen molar-refractivity contribution in [1.82, 2.24) is 30.1 Å². The molecule has 1 amide bonds. The number of piperidine rings is 1. The summed E-state index contributed by atoms with van der Waals surface area (Å²) in [4.78, 5) is 29.5. The molecule has 2 fully saturated rings. The van der Waals surface area contributed by atoms with Crippen molar-refractivity contribution in [3.8, 4) is 11.3 Å². The van der Waals surface area contributed by atoms with E-state index in [2.05, 4.69) is 37.6 Å². The number of nitrogens with zero attached hydrogens (tertiary/aromatic N) is 4. The Bertz CT molecular complexity index is 1260. The number of amides is 1. The van der Waals surface area contributed by atoms with E-state index in [9.17, 15) is 4.79 Å². The Balaban J connectivity index is 1.16. The number of hydrogen-bond donors (Lipinski definition) is 3. The molecular formula is C29H38ClN7O. The molecule has 1 aliphatic heterocycles. The fourth-order valence-corrected chi connectivity index (χ4v) is 5.92. The molecule has 3 N–H and O–H groups in total. The number of aromatic amines is 1. The number of likely N-dealkylation sites (N-methyl/N-ethyl adjacent to an activating group) is 1. The predicted molar refractivity (Wildman–Crippen MR) is 154 cm³/mol. The molecule has 8 nitrogen and oxygen atoms in total. The zero-order valence-electron chi connectivity index (χ0n) is 22.3. The Labute approximate surface area is 229 Å². The van der Waals surface area contributed by atoms with Crippen LogP contribution in [-0.4, -0.2) is 82.5 Å². The maximum absolute atomic E-state index is 12.2. The minimum atomic E-state index is 0.0159. The van der Waals surface area contributed by atoms with Gasteiger partial charge >= 0.3 is 0 Å². The molecule has 0 radical (unpaired) electrons. The second kappa shape index (κ2) is 12.3. The number of benzene rings is 1. The first kappa shape index (κ1) is 26.7. The van der Waals surface area contributed by atoms with E-state index in [0.29, 0.717) is 23.1 Å². The van der Waals surface area contributed by atoms with Crippen LogP contribution in [-0.2, 0) is 4.79 Å². The normalized spacial score (nSPS) is 21.4. The smallest absolute Gasteiger partial charge is 0.243 e. The number of anilines is 1. The van der Waals surface area contributed by atoms with Crippen LogP contribution in [0.4, 0.5) is 5.95 Å². The molecule has 9 heteroatoms. The highest BCUT2D eigenvalue weighted by atomic mass is 35.5. The third-order valence-electron chi connectivity index (χ3n) is 7.70. The highest BCUT2D eigenvalue weighted by Crippen LogP contribution is 2.33. The quantitative estimate of drug-likeness (QED) is 0.362. The summed E-state index contributed by atoms with van der Waals surface area (Å²) in [5, 5.41) is 8.43. The Hall–Kier alpha value is -2.94. The lowest BCUT2D eigenvalue weighted by atomic mass is 9.88. The van der Waals surface area contributed by atoms with Crippen LogP contribution in [0.1, 0.15) is 38.5 Å². The zero-order valence-corrected chi connectivity index (χ0v) is 23.0. The molecule has 0 unspecified atom stereocenters. The standard InChI is InChI=1S/C29H38ClN7O/c1-36(2)14-6-11-27(38)33-20-12-15-37(16-13-20)22-8-5-7-21(17-22)34-29-32-19-25(30)28(35-29)24-18-31-26-10-4-3-9-23(24)26/h3-4,6,9-11,18-22,31H,5,7-8,12-17H2,1-2H3,(H,33,38)(H,32,34,35)/b11-6+/t21-,22-/m1/s1. The molecule has 2 aliphatic rings. The van der Waals surface area contributed by atoms with Crippen LogP contribution < -0.4 is 10.6 Å². The largest absolute Gasteiger partial charge is 0.360 e. The molecule has 5 rings (SSSR count). The minimum Gasteiger partial charge on any atom is -0.360 e. The number of nitrogens with one attached hydrogen (secondary N) is 3. The lowest BCUT2D eigenvalue weighted by molar-refractivity contribution is -0.117. The number of fused-ring (bicyclic) bond motifs is 1. The predicted octanol–water partition coefficient (Wildman–Crippen LogP) is 4.70. The number of halogens is 1. The highest BCUT2D eigenvalue weighted by molar-refractivity contribution is 6.33. The van der Waals surface area contributed by atoms with Gasteiger partial charge in [0, 0.05) is 66.5 Å². The van der Waals surface area contributed by atoms with Crippen molar-refractivity contribution in [2.24, 2.45) is 0 Å². The van der Waals surface area contributed by atoms with Gasteiger partial charge in [0.25, 0.3) is 0 Å². The van der Waals surface area contributed by atoms with Gasteiger partial charge in [-0.05, 0) is 58.7 Å². The molecule has 1 saturated heterocycles. The zero-order chi connectivity index (χ0) is 26.5. The van der Waals surface area contributed by atoms with Crippen LogP contribution in [0.25, 0.3) is 22.2 Å². The summed E-state index contributed by atoms with van der Waals surface area (Å²) in [5.74, 6) is 0.645. The second-order valence-electron chi connectivity index (χ2n) is 10.8. The molecule has 38 heavy (non-hydrogen) atoms. The maximum Gasteiger partial charge on any atom is 0.243 e. The fourth-order valence-electron chi connectivity index (χ4n) is 5.73. The lowest BCUT2D eigenvalue weighted by Gasteiger charge is -2.41. The van der Waals surface area contributed by atoms with Gasteiger partial charge in [-0.2, -0.15) is 0 Å². The maximum atomic E-state index is 12.2. The average molecular weight is 536 g/mol. The van der Waals surface area contributed by atoms with Gasteiger partial charge in [0.2, 0.25) is 11.9 Å². The lowest BCUT2D eigenvalue weighted by Crippen LogP contribution is -2.50. The van der Waals surface area contributed by atoms with Crippen LogP contribution in [0.3, 0.4) is 0 Å². The molecule has 1 aliphatic carbocycles. The first-order valence-corrected chi connectivity index (χ1v) is 14.1. The van der Waals surface area contributed by atoms with Crippen molar-refractivity contribution in [3.63, 3.8) is 0 Å². The van der Waals surface area contributed by atoms with E-state index in [0.717, 1.165) is 67.5 Å². The monoisotopic (exact) mass is 535 g/mol. The van der Waals surface area contributed by atoms with Crippen molar-refractivity contribution in [2.45, 2.75) is 56.7 Å². The molecule has 2 atom stereocenters. The fraction of sp³-hybridized carbons (Fsp3) is 0.483. The van der Waals surface area contributed by atoms with Gasteiger partial charge in [-0.1, -0.05) is 35.9 Å². The summed E-state index contributed by atoms with van der Waals surface area (Å²) in [7, 11) is 3.99. The summed E-state index contributed by atoms with van der Waals surface area (Å²) < 4.78 is 0. The number of rotatable bonds is 8. The van der Waals surface area contributed by atoms with Gasteiger partial charge in [0.15, 0.2) is 0 Å². The van der Waals surface area contributed by atoms with Gasteiger partial charge in [-0.25, -0.2) is 9.97 Å². The summed E-state index contributed by atoms with van der Waals surface area (Å²) >= 11 is 6.53. The minimum absolute atomic E-state index is 0.0159. The van der Waals surface area contributed by atoms with Crippen LogP contribution in [0, 0.1) is 0 Å². The summed E-state index contributed by atoms with van der Waals surface area (Å²) in [6.45, 7) is 2.81. The van der Waals surface area contributed by atoms with Gasteiger partial charge in [-0.3, -0.25) is 4.79 Å². The third kappa shape index (κ3) is 6.54. The van der Waals surface area contributed by atoms with Crippen LogP contribution in [0.2, 0.25) is 5.02 Å². The molecular weight excluding hydrogens is 498 g/mol. The Kier molecular flexibility index (Phi) is 8.61. The summed E-state index contributed by atoms with van der Waals surface area (Å²) in [6.07, 6.45) is 13.8. The van der Waals surface area contributed by atoms with E-state index in [-0.39, 0.29) is 11.9 Å². The SMILES string of the molecule is CN(C)C/C=C/C(=O)NC1CCN([C@@H]2CCC[C@@H](Nc3ncc(Cl)c(-c4c[nH]c5ccccc45)n3)C2)CC1. The molecule has 0 spiro atoms. The van der Waals surface area contributed by atoms with E-state index < -0.39 is 0 Å². The first-order chi connectivity index (χ1) is 18.5. The van der Waals surface area contributed by atoms with E-state index >= 15 is 0 Å². The van der Waals surface area contributed by atoms with Crippen LogP contribution in [0.5, 0.6) is 0 Å². The number of hydrogen-bond acceptors (Lipinski definition) is 6. The van der Waals surface area contributed by atoms with Gasteiger partial charge in [0.05, 0.1) is 16.9 Å². The number of carbonyl (C=O) groups excluding carboxylic acids is 1. The number of likely N-dealkylation sites (tertiary alicyclic amines) is 1. The van der Waals surface area contributed by atoms with Crippen LogP contribution in [0.15, 0.2) is 48.8 Å². The molecule has 202 valence electrons. The Morgan fingerprint density at radius 1 is 1.18 bits per heavy atom. The average Bonchev–Trinajstić information content (AvgIpc) is 3.34. The van der Waals surface area contributed by atoms with Crippen LogP contribution >= 0.6 is 11.6 Å². The molecule has 3 aromatic rings. The van der Waals surface area contributed by atoms with E-state index in [1.165, 1.54) is 12.8 Å². The van der Waals surface area contributed by atoms with Crippen molar-refractivity contribution in [2.75, 3.05) is 39.0 Å². The third-order valence-corrected chi connectivity index (χ3v) is 7.98. The van der Waals surface area contributed by atoms with E-state index in [4.69, 9.17) is 16.6 Å². The molecule has 2 aromatic heterocycles. The van der Waals surface area contributed by atoms with Gasteiger partial charge < -0.3 is 25.4 Å². The molecule has 3 heterocycles. The number of para-hydroxylation sites is 1. The van der Waals surface area contributed by atoms with E-state index in [1.807, 2.05) is 43.4 Å². The number of carbonyl (C=O) groups is 1. The second-order valence-corrected chi connectivity index (χ2v) is 11.2. The Morgan fingerprint density at radius 3 is 2.82 bits per heavy atom. The van der Waals surface area contributed by atoms with Gasteiger partial charge in [-0.15, -0.1) is 0 Å². The molecule has 1 aromatic carbocycles. The number of H-pyrrole nitrogens is 1.